The number of nitrogens with zero attached hydrogens (tertiary/aromatic N) is 1. The first-order valence-corrected chi connectivity index (χ1v) is 8.30. The van der Waals surface area contributed by atoms with Crippen LogP contribution in [0.5, 0.6) is 0 Å². The van der Waals surface area contributed by atoms with E-state index in [-0.39, 0.29) is 5.91 Å². The molecule has 2 aliphatic rings. The van der Waals surface area contributed by atoms with Crippen molar-refractivity contribution in [1.29, 1.82) is 0 Å². The van der Waals surface area contributed by atoms with Gasteiger partial charge >= 0.3 is 0 Å². The Bertz CT molecular complexity index is 511. The number of carbonyl (C=O) groups excluding carboxylic acids is 1. The Hall–Kier alpha value is -0.770. The van der Waals surface area contributed by atoms with Gasteiger partial charge in [-0.1, -0.05) is 23.2 Å². The minimum absolute atomic E-state index is 0.0446. The largest absolute Gasteiger partial charge is 0.339 e. The van der Waals surface area contributed by atoms with E-state index in [4.69, 9.17) is 23.2 Å². The van der Waals surface area contributed by atoms with E-state index in [1.165, 1.54) is 12.8 Å². The summed E-state index contributed by atoms with van der Waals surface area (Å²) < 4.78 is 0. The lowest BCUT2D eigenvalue weighted by Gasteiger charge is -2.44. The second-order valence-electron chi connectivity index (χ2n) is 6.20. The lowest BCUT2D eigenvalue weighted by Crippen LogP contribution is -2.47. The number of hydrogen-bond acceptors (Lipinski definition) is 2. The Balaban J connectivity index is 1.67. The summed E-state index contributed by atoms with van der Waals surface area (Å²) in [7, 11) is 0. The van der Waals surface area contributed by atoms with Crippen LogP contribution >= 0.6 is 23.2 Å². The molecule has 1 N–H and O–H groups in total. The fourth-order valence-corrected chi connectivity index (χ4v) is 4.03. The minimum atomic E-state index is 0.0446. The SMILES string of the molecule is O=C(c1cc(Cl)cc(Cl)c1)N1CCC2(CCNCC2)CC1. The number of carbonyl (C=O) groups is 1. The number of likely N-dealkylation sites (tertiary alicyclic amines) is 1. The third-order valence-electron chi connectivity index (χ3n) is 4.89. The average molecular weight is 327 g/mol. The summed E-state index contributed by atoms with van der Waals surface area (Å²) >= 11 is 12.0. The van der Waals surface area contributed by atoms with Gasteiger partial charge in [0, 0.05) is 28.7 Å². The van der Waals surface area contributed by atoms with Crippen molar-refractivity contribution in [2.24, 2.45) is 5.41 Å². The van der Waals surface area contributed by atoms with Gasteiger partial charge in [-0.3, -0.25) is 4.79 Å². The Labute approximate surface area is 135 Å². The molecule has 1 amide bonds. The Morgan fingerprint density at radius 1 is 1.00 bits per heavy atom. The van der Waals surface area contributed by atoms with Crippen LogP contribution in [0.3, 0.4) is 0 Å². The Morgan fingerprint density at radius 2 is 1.57 bits per heavy atom. The molecular formula is C16H20Cl2N2O. The zero-order valence-corrected chi connectivity index (χ0v) is 13.5. The first-order chi connectivity index (χ1) is 10.1. The molecular weight excluding hydrogens is 307 g/mol. The van der Waals surface area contributed by atoms with Gasteiger partial charge in [-0.15, -0.1) is 0 Å². The maximum atomic E-state index is 12.6. The molecule has 3 rings (SSSR count). The molecule has 5 heteroatoms. The van der Waals surface area contributed by atoms with Crippen molar-refractivity contribution in [3.8, 4) is 0 Å². The highest BCUT2D eigenvalue weighted by Crippen LogP contribution is 2.39. The van der Waals surface area contributed by atoms with Gasteiger partial charge in [-0.2, -0.15) is 0 Å². The molecule has 0 atom stereocenters. The van der Waals surface area contributed by atoms with Crippen molar-refractivity contribution < 1.29 is 4.79 Å². The maximum absolute atomic E-state index is 12.6. The van der Waals surface area contributed by atoms with Crippen LogP contribution in [0.15, 0.2) is 18.2 Å². The number of piperidine rings is 2. The van der Waals surface area contributed by atoms with Crippen molar-refractivity contribution in [2.75, 3.05) is 26.2 Å². The molecule has 1 spiro atoms. The summed E-state index contributed by atoms with van der Waals surface area (Å²) in [6, 6.07) is 5.05. The van der Waals surface area contributed by atoms with E-state index in [9.17, 15) is 4.79 Å². The van der Waals surface area contributed by atoms with Crippen LogP contribution < -0.4 is 5.32 Å². The highest BCUT2D eigenvalue weighted by atomic mass is 35.5. The van der Waals surface area contributed by atoms with E-state index in [0.717, 1.165) is 39.0 Å². The van der Waals surface area contributed by atoms with Crippen molar-refractivity contribution in [1.82, 2.24) is 10.2 Å². The molecule has 2 aliphatic heterocycles. The van der Waals surface area contributed by atoms with E-state index in [1.807, 2.05) is 4.90 Å². The lowest BCUT2D eigenvalue weighted by atomic mass is 9.71. The van der Waals surface area contributed by atoms with Crippen LogP contribution in [0.2, 0.25) is 10.0 Å². The number of hydrogen-bond donors (Lipinski definition) is 1. The zero-order valence-electron chi connectivity index (χ0n) is 12.0. The zero-order chi connectivity index (χ0) is 14.9. The van der Waals surface area contributed by atoms with Crippen molar-refractivity contribution >= 4 is 29.1 Å². The summed E-state index contributed by atoms with van der Waals surface area (Å²) in [5.74, 6) is 0.0446. The molecule has 0 aromatic heterocycles. The quantitative estimate of drug-likeness (QED) is 0.855. The Morgan fingerprint density at radius 3 is 2.14 bits per heavy atom. The number of benzene rings is 1. The first-order valence-electron chi connectivity index (χ1n) is 7.54. The first kappa shape index (κ1) is 15.1. The molecule has 1 aromatic rings. The van der Waals surface area contributed by atoms with Gasteiger partial charge in [0.2, 0.25) is 0 Å². The van der Waals surface area contributed by atoms with Gasteiger partial charge in [0.1, 0.15) is 0 Å². The molecule has 3 nitrogen and oxygen atoms in total. The van der Waals surface area contributed by atoms with Gasteiger partial charge < -0.3 is 10.2 Å². The maximum Gasteiger partial charge on any atom is 0.253 e. The monoisotopic (exact) mass is 326 g/mol. The molecule has 2 heterocycles. The summed E-state index contributed by atoms with van der Waals surface area (Å²) in [5, 5.41) is 4.44. The van der Waals surface area contributed by atoms with E-state index in [2.05, 4.69) is 5.32 Å². The highest BCUT2D eigenvalue weighted by molar-refractivity contribution is 6.35. The molecule has 1 aromatic carbocycles. The predicted molar refractivity (Wildman–Crippen MR) is 86.1 cm³/mol. The molecule has 2 fully saturated rings. The smallest absolute Gasteiger partial charge is 0.253 e. The van der Waals surface area contributed by atoms with Gasteiger partial charge in [0.05, 0.1) is 0 Å². The van der Waals surface area contributed by atoms with Gasteiger partial charge in [-0.25, -0.2) is 0 Å². The lowest BCUT2D eigenvalue weighted by molar-refractivity contribution is 0.0495. The number of nitrogens with one attached hydrogen (secondary N) is 1. The third-order valence-corrected chi connectivity index (χ3v) is 5.32. The molecule has 0 saturated carbocycles. The van der Waals surface area contributed by atoms with Crippen molar-refractivity contribution in [3.63, 3.8) is 0 Å². The number of amides is 1. The van der Waals surface area contributed by atoms with Crippen LogP contribution in [-0.4, -0.2) is 37.0 Å². The molecule has 0 radical (unpaired) electrons. The van der Waals surface area contributed by atoms with Crippen LogP contribution in [0.25, 0.3) is 0 Å². The predicted octanol–water partition coefficient (Wildman–Crippen LogP) is 3.60. The fourth-order valence-electron chi connectivity index (χ4n) is 3.50. The Kier molecular flexibility index (Phi) is 4.43. The molecule has 0 bridgehead atoms. The minimum Gasteiger partial charge on any atom is -0.339 e. The van der Waals surface area contributed by atoms with Gasteiger partial charge in [-0.05, 0) is 62.4 Å². The van der Waals surface area contributed by atoms with Crippen LogP contribution in [-0.2, 0) is 0 Å². The summed E-state index contributed by atoms with van der Waals surface area (Å²) in [6.07, 6.45) is 4.68. The third kappa shape index (κ3) is 3.36. The van der Waals surface area contributed by atoms with Crippen molar-refractivity contribution in [2.45, 2.75) is 25.7 Å². The summed E-state index contributed by atoms with van der Waals surface area (Å²) in [4.78, 5) is 14.5. The normalized spacial score (nSPS) is 21.5. The van der Waals surface area contributed by atoms with Crippen LogP contribution in [0, 0.1) is 5.41 Å². The van der Waals surface area contributed by atoms with Crippen molar-refractivity contribution in [3.05, 3.63) is 33.8 Å². The molecule has 2 saturated heterocycles. The van der Waals surface area contributed by atoms with E-state index in [1.54, 1.807) is 18.2 Å². The molecule has 0 aliphatic carbocycles. The number of halogens is 2. The van der Waals surface area contributed by atoms with Crippen LogP contribution in [0.1, 0.15) is 36.0 Å². The van der Waals surface area contributed by atoms with Crippen LogP contribution in [0.4, 0.5) is 0 Å². The molecule has 0 unspecified atom stereocenters. The molecule has 114 valence electrons. The van der Waals surface area contributed by atoms with E-state index in [0.29, 0.717) is 21.0 Å². The fraction of sp³-hybridized carbons (Fsp3) is 0.562. The standard InChI is InChI=1S/C16H20Cl2N2O/c17-13-9-12(10-14(18)11-13)15(21)20-7-3-16(4-8-20)1-5-19-6-2-16/h9-11,19H,1-8H2. The van der Waals surface area contributed by atoms with E-state index < -0.39 is 0 Å². The molecule has 21 heavy (non-hydrogen) atoms. The second kappa shape index (κ2) is 6.15. The highest BCUT2D eigenvalue weighted by Gasteiger charge is 2.36. The number of rotatable bonds is 1. The van der Waals surface area contributed by atoms with Gasteiger partial charge in [0.15, 0.2) is 0 Å². The average Bonchev–Trinajstić information content (AvgIpc) is 2.47. The topological polar surface area (TPSA) is 32.3 Å². The van der Waals surface area contributed by atoms with E-state index >= 15 is 0 Å². The summed E-state index contributed by atoms with van der Waals surface area (Å²) in [5.41, 5.74) is 1.04. The summed E-state index contributed by atoms with van der Waals surface area (Å²) in [6.45, 7) is 3.89. The van der Waals surface area contributed by atoms with Gasteiger partial charge in [0.25, 0.3) is 5.91 Å². The second-order valence-corrected chi connectivity index (χ2v) is 7.07.